The normalized spacial score (nSPS) is 10.6. The van der Waals surface area contributed by atoms with Crippen molar-refractivity contribution in [1.82, 2.24) is 4.98 Å². The van der Waals surface area contributed by atoms with Gasteiger partial charge in [0.25, 0.3) is 0 Å². The van der Waals surface area contributed by atoms with Gasteiger partial charge in [-0.05, 0) is 22.9 Å². The highest BCUT2D eigenvalue weighted by Gasteiger charge is 2.11. The molecule has 0 aliphatic rings. The molecule has 4 heteroatoms. The first-order valence-electron chi connectivity index (χ1n) is 5.36. The number of hydrogen-bond donors (Lipinski definition) is 1. The minimum absolute atomic E-state index is 0.293. The summed E-state index contributed by atoms with van der Waals surface area (Å²) in [6, 6.07) is 10.6. The largest absolute Gasteiger partial charge is 0.272 e. The molecule has 2 nitrogen and oxygen atoms in total. The molecule has 1 aromatic carbocycles. The van der Waals surface area contributed by atoms with Gasteiger partial charge < -0.3 is 0 Å². The number of nitrogens with two attached hydrogens (primary N) is 1. The van der Waals surface area contributed by atoms with Crippen molar-refractivity contribution in [2.45, 2.75) is 30.5 Å². The summed E-state index contributed by atoms with van der Waals surface area (Å²) in [5.74, 6) is 0. The minimum atomic E-state index is 0.293. The van der Waals surface area contributed by atoms with E-state index < -0.39 is 0 Å². The average molecular weight is 266 g/mol. The summed E-state index contributed by atoms with van der Waals surface area (Å²) in [6.07, 6.45) is 1.74. The average Bonchev–Trinajstić information content (AvgIpc) is 2.83. The Balaban J connectivity index is 0.000000181. The zero-order valence-corrected chi connectivity index (χ0v) is 12.0. The van der Waals surface area contributed by atoms with Gasteiger partial charge in [0.05, 0.1) is 0 Å². The second-order valence-corrected chi connectivity index (χ2v) is 6.31. The monoisotopic (exact) mass is 266 g/mol. The first-order chi connectivity index (χ1) is 8.04. The van der Waals surface area contributed by atoms with E-state index in [2.05, 4.69) is 56.1 Å². The van der Waals surface area contributed by atoms with Gasteiger partial charge in [-0.2, -0.15) is 0 Å². The molecule has 2 rings (SSSR count). The molecule has 1 aromatic heterocycles. The van der Waals surface area contributed by atoms with Gasteiger partial charge in [0, 0.05) is 11.6 Å². The first kappa shape index (κ1) is 14.2. The molecule has 17 heavy (non-hydrogen) atoms. The van der Waals surface area contributed by atoms with Crippen LogP contribution in [-0.4, -0.2) is 4.98 Å². The van der Waals surface area contributed by atoms with Crippen LogP contribution in [-0.2, 0) is 5.41 Å². The zero-order valence-electron chi connectivity index (χ0n) is 10.4. The van der Waals surface area contributed by atoms with Crippen molar-refractivity contribution in [1.29, 1.82) is 0 Å². The molecule has 0 amide bonds. The summed E-state index contributed by atoms with van der Waals surface area (Å²) in [5.41, 5.74) is 1.69. The van der Waals surface area contributed by atoms with Crippen LogP contribution in [0.15, 0.2) is 46.2 Å². The van der Waals surface area contributed by atoms with Crippen LogP contribution in [0.25, 0.3) is 0 Å². The second-order valence-electron chi connectivity index (χ2n) is 4.53. The van der Waals surface area contributed by atoms with Crippen LogP contribution < -0.4 is 5.14 Å². The first-order valence-corrected chi connectivity index (χ1v) is 7.11. The van der Waals surface area contributed by atoms with Crippen molar-refractivity contribution < 1.29 is 0 Å². The Hall–Kier alpha value is -0.840. The van der Waals surface area contributed by atoms with Crippen molar-refractivity contribution in [2.24, 2.45) is 5.14 Å². The van der Waals surface area contributed by atoms with E-state index in [1.165, 1.54) is 17.5 Å². The fourth-order valence-corrected chi connectivity index (χ4v) is 2.08. The molecule has 1 heterocycles. The second kappa shape index (κ2) is 6.79. The predicted molar refractivity (Wildman–Crippen MR) is 77.3 cm³/mol. The molecule has 0 fully saturated rings. The maximum atomic E-state index is 5.16. The van der Waals surface area contributed by atoms with E-state index in [0.717, 1.165) is 4.34 Å². The molecule has 0 atom stereocenters. The van der Waals surface area contributed by atoms with E-state index in [0.29, 0.717) is 5.41 Å². The van der Waals surface area contributed by atoms with Crippen molar-refractivity contribution in [2.75, 3.05) is 0 Å². The van der Waals surface area contributed by atoms with Crippen molar-refractivity contribution in [3.63, 3.8) is 0 Å². The smallest absolute Gasteiger partial charge is 0.164 e. The summed E-state index contributed by atoms with van der Waals surface area (Å²) >= 11 is 2.73. The predicted octanol–water partition coefficient (Wildman–Crippen LogP) is 4.09. The van der Waals surface area contributed by atoms with Crippen molar-refractivity contribution in [3.8, 4) is 0 Å². The van der Waals surface area contributed by atoms with Gasteiger partial charge in [0.1, 0.15) is 0 Å². The Morgan fingerprint density at radius 3 is 2.12 bits per heavy atom. The van der Waals surface area contributed by atoms with Crippen LogP contribution in [0, 0.1) is 0 Å². The van der Waals surface area contributed by atoms with E-state index >= 15 is 0 Å². The van der Waals surface area contributed by atoms with Crippen LogP contribution in [0.5, 0.6) is 0 Å². The third-order valence-corrected chi connectivity index (χ3v) is 3.60. The SMILES string of the molecule is CC(C)(C)c1ccccc1.NSc1nccs1. The van der Waals surface area contributed by atoms with Crippen molar-refractivity contribution in [3.05, 3.63) is 47.5 Å². The van der Waals surface area contributed by atoms with Gasteiger partial charge in [-0.15, -0.1) is 11.3 Å². The third-order valence-electron chi connectivity index (χ3n) is 2.15. The van der Waals surface area contributed by atoms with Crippen LogP contribution in [0.1, 0.15) is 26.3 Å². The van der Waals surface area contributed by atoms with Crippen LogP contribution in [0.3, 0.4) is 0 Å². The molecular weight excluding hydrogens is 248 g/mol. The van der Waals surface area contributed by atoms with E-state index in [1.54, 1.807) is 17.5 Å². The molecule has 0 aliphatic carbocycles. The maximum absolute atomic E-state index is 5.16. The van der Waals surface area contributed by atoms with Gasteiger partial charge in [0.15, 0.2) is 4.34 Å². The molecule has 2 aromatic rings. The highest BCUT2D eigenvalue weighted by Crippen LogP contribution is 2.20. The highest BCUT2D eigenvalue weighted by molar-refractivity contribution is 7.98. The Morgan fingerprint density at radius 1 is 1.18 bits per heavy atom. The lowest BCUT2D eigenvalue weighted by atomic mass is 9.87. The Bertz CT molecular complexity index is 405. The van der Waals surface area contributed by atoms with E-state index in [-0.39, 0.29) is 0 Å². The third kappa shape index (κ3) is 5.35. The molecule has 0 saturated carbocycles. The van der Waals surface area contributed by atoms with Gasteiger partial charge in [0.2, 0.25) is 0 Å². The van der Waals surface area contributed by atoms with Gasteiger partial charge in [-0.25, -0.2) is 4.98 Å². The van der Waals surface area contributed by atoms with Gasteiger partial charge in [-0.3, -0.25) is 5.14 Å². The standard InChI is InChI=1S/C10H14.C3H4N2S2/c1-10(2,3)9-7-5-4-6-8-9;4-7-3-5-1-2-6-3/h4-8H,1-3H3;1-2H,4H2. The lowest BCUT2D eigenvalue weighted by molar-refractivity contribution is 0.590. The molecule has 0 unspecified atom stereocenters. The number of hydrogen-bond acceptors (Lipinski definition) is 4. The number of aromatic nitrogens is 1. The molecule has 2 N–H and O–H groups in total. The zero-order chi connectivity index (χ0) is 12.7. The fourth-order valence-electron chi connectivity index (χ4n) is 1.21. The molecule has 0 spiro atoms. The summed E-state index contributed by atoms with van der Waals surface area (Å²) < 4.78 is 0.917. The summed E-state index contributed by atoms with van der Waals surface area (Å²) in [5, 5.41) is 7.06. The number of benzene rings is 1. The van der Waals surface area contributed by atoms with E-state index in [1.807, 2.05) is 5.38 Å². The van der Waals surface area contributed by atoms with Crippen LogP contribution >= 0.6 is 23.3 Å². The Labute approximate surface area is 111 Å². The van der Waals surface area contributed by atoms with Crippen molar-refractivity contribution >= 4 is 23.3 Å². The van der Waals surface area contributed by atoms with Crippen LogP contribution in [0.2, 0.25) is 0 Å². The summed E-state index contributed by atoms with van der Waals surface area (Å²) in [7, 11) is 0. The molecule has 0 bridgehead atoms. The lowest BCUT2D eigenvalue weighted by Crippen LogP contribution is -2.10. The maximum Gasteiger partial charge on any atom is 0.164 e. The summed E-state index contributed by atoms with van der Waals surface area (Å²) in [6.45, 7) is 6.67. The minimum Gasteiger partial charge on any atom is -0.272 e. The van der Waals surface area contributed by atoms with E-state index in [9.17, 15) is 0 Å². The quantitative estimate of drug-likeness (QED) is 0.790. The molecule has 92 valence electrons. The topological polar surface area (TPSA) is 38.9 Å². The fraction of sp³-hybridized carbons (Fsp3) is 0.308. The summed E-state index contributed by atoms with van der Waals surface area (Å²) in [4.78, 5) is 3.89. The molecule has 0 radical (unpaired) electrons. The van der Waals surface area contributed by atoms with E-state index in [4.69, 9.17) is 5.14 Å². The number of rotatable bonds is 1. The lowest BCUT2D eigenvalue weighted by Gasteiger charge is -2.18. The Kier molecular flexibility index (Phi) is 5.68. The molecular formula is C13H18N2S2. The molecule has 0 aliphatic heterocycles. The highest BCUT2D eigenvalue weighted by atomic mass is 32.2. The molecule has 0 saturated heterocycles. The Morgan fingerprint density at radius 2 is 1.82 bits per heavy atom. The number of thiazole rings is 1. The number of nitrogens with zero attached hydrogens (tertiary/aromatic N) is 1. The van der Waals surface area contributed by atoms with Gasteiger partial charge in [-0.1, -0.05) is 51.1 Å². The van der Waals surface area contributed by atoms with Gasteiger partial charge >= 0.3 is 0 Å². The van der Waals surface area contributed by atoms with Crippen LogP contribution in [0.4, 0.5) is 0 Å².